The quantitative estimate of drug-likeness (QED) is 0.389. The van der Waals surface area contributed by atoms with Crippen LogP contribution in [0.25, 0.3) is 10.7 Å². The highest BCUT2D eigenvalue weighted by molar-refractivity contribution is 7.99. The van der Waals surface area contributed by atoms with E-state index in [4.69, 9.17) is 11.6 Å². The first-order valence-corrected chi connectivity index (χ1v) is 11.1. The first-order chi connectivity index (χ1) is 14.2. The van der Waals surface area contributed by atoms with Crippen molar-refractivity contribution in [3.05, 3.63) is 82.7 Å². The van der Waals surface area contributed by atoms with Gasteiger partial charge in [-0.15, -0.1) is 21.5 Å². The molecule has 0 bridgehead atoms. The summed E-state index contributed by atoms with van der Waals surface area (Å²) in [6, 6.07) is 21.3. The van der Waals surface area contributed by atoms with E-state index >= 15 is 0 Å². The molecular weight excluding hydrogens is 424 g/mol. The third-order valence-electron chi connectivity index (χ3n) is 4.12. The summed E-state index contributed by atoms with van der Waals surface area (Å²) >= 11 is 9.09. The number of benzene rings is 2. The van der Waals surface area contributed by atoms with Gasteiger partial charge in [-0.05, 0) is 29.1 Å². The van der Waals surface area contributed by atoms with Crippen molar-refractivity contribution in [2.24, 2.45) is 0 Å². The molecule has 0 aliphatic carbocycles. The van der Waals surface area contributed by atoms with Crippen LogP contribution >= 0.6 is 34.7 Å². The fraction of sp³-hybridized carbons (Fsp3) is 0.0952. The maximum atomic E-state index is 12.4. The molecule has 0 saturated heterocycles. The number of carbonyl (C=O) groups excluding carboxylic acids is 1. The molecule has 8 heteroatoms. The minimum absolute atomic E-state index is 0.143. The predicted molar refractivity (Wildman–Crippen MR) is 120 cm³/mol. The molecule has 29 heavy (non-hydrogen) atoms. The lowest BCUT2D eigenvalue weighted by atomic mass is 10.2. The normalized spacial score (nSPS) is 10.8. The van der Waals surface area contributed by atoms with Crippen LogP contribution in [0.5, 0.6) is 0 Å². The number of hydrogen-bond donors (Lipinski definition) is 1. The van der Waals surface area contributed by atoms with Crippen molar-refractivity contribution >= 4 is 46.3 Å². The fourth-order valence-corrected chi connectivity index (χ4v) is 4.41. The van der Waals surface area contributed by atoms with Gasteiger partial charge in [-0.2, -0.15) is 0 Å². The van der Waals surface area contributed by atoms with E-state index in [1.54, 1.807) is 23.5 Å². The molecule has 0 fully saturated rings. The Bertz CT molecular complexity index is 1100. The molecule has 1 N–H and O–H groups in total. The van der Waals surface area contributed by atoms with Crippen LogP contribution in [0.15, 0.2) is 77.3 Å². The minimum Gasteiger partial charge on any atom is -0.324 e. The van der Waals surface area contributed by atoms with E-state index in [0.29, 0.717) is 22.4 Å². The monoisotopic (exact) mass is 440 g/mol. The van der Waals surface area contributed by atoms with Crippen molar-refractivity contribution < 1.29 is 4.79 Å². The third kappa shape index (κ3) is 4.87. The first kappa shape index (κ1) is 19.7. The zero-order valence-corrected chi connectivity index (χ0v) is 17.7. The lowest BCUT2D eigenvalue weighted by molar-refractivity contribution is -0.113. The van der Waals surface area contributed by atoms with Crippen molar-refractivity contribution in [3.8, 4) is 10.7 Å². The number of thioether (sulfide) groups is 1. The van der Waals surface area contributed by atoms with Crippen LogP contribution in [0.3, 0.4) is 0 Å². The number of nitrogens with one attached hydrogen (secondary N) is 1. The molecule has 0 unspecified atom stereocenters. The second kappa shape index (κ2) is 9.26. The van der Waals surface area contributed by atoms with Crippen molar-refractivity contribution in [2.45, 2.75) is 11.7 Å². The Hall–Kier alpha value is -2.61. The number of thiophene rings is 1. The van der Waals surface area contributed by atoms with Gasteiger partial charge in [0.1, 0.15) is 0 Å². The van der Waals surface area contributed by atoms with E-state index in [2.05, 4.69) is 32.2 Å². The van der Waals surface area contributed by atoms with E-state index in [-0.39, 0.29) is 11.7 Å². The second-order valence-electron chi connectivity index (χ2n) is 6.17. The topological polar surface area (TPSA) is 59.8 Å². The summed E-state index contributed by atoms with van der Waals surface area (Å²) in [5.41, 5.74) is 1.75. The summed E-state index contributed by atoms with van der Waals surface area (Å²) in [5.74, 6) is 0.871. The average Bonchev–Trinajstić information content (AvgIpc) is 3.39. The number of para-hydroxylation sites is 1. The Balaban J connectivity index is 1.52. The van der Waals surface area contributed by atoms with Gasteiger partial charge in [0.15, 0.2) is 11.0 Å². The lowest BCUT2D eigenvalue weighted by Gasteiger charge is -2.10. The highest BCUT2D eigenvalue weighted by atomic mass is 35.5. The first-order valence-electron chi connectivity index (χ1n) is 8.89. The Morgan fingerprint density at radius 2 is 1.83 bits per heavy atom. The van der Waals surface area contributed by atoms with Crippen molar-refractivity contribution in [2.75, 3.05) is 11.1 Å². The van der Waals surface area contributed by atoms with Gasteiger partial charge in [-0.1, -0.05) is 71.9 Å². The van der Waals surface area contributed by atoms with Crippen molar-refractivity contribution in [3.63, 3.8) is 0 Å². The molecular formula is C21H17ClN4OS2. The fourth-order valence-electron chi connectivity index (χ4n) is 2.77. The van der Waals surface area contributed by atoms with E-state index < -0.39 is 0 Å². The maximum absolute atomic E-state index is 12.4. The summed E-state index contributed by atoms with van der Waals surface area (Å²) in [6.45, 7) is 0.634. The van der Waals surface area contributed by atoms with Crippen LogP contribution in [0.4, 0.5) is 5.69 Å². The largest absolute Gasteiger partial charge is 0.324 e. The number of rotatable bonds is 7. The number of halogens is 1. The van der Waals surface area contributed by atoms with Crippen LogP contribution in [0, 0.1) is 0 Å². The molecule has 0 radical (unpaired) electrons. The summed E-state index contributed by atoms with van der Waals surface area (Å²) in [7, 11) is 0. The highest BCUT2D eigenvalue weighted by Gasteiger charge is 2.17. The number of hydrogen-bond acceptors (Lipinski definition) is 5. The van der Waals surface area contributed by atoms with Crippen LogP contribution in [-0.2, 0) is 11.3 Å². The SMILES string of the molecule is O=C(CSc1nnc(-c2cccs2)n1Cc1ccccc1)Nc1ccccc1Cl. The zero-order valence-electron chi connectivity index (χ0n) is 15.3. The molecule has 2 aromatic heterocycles. The van der Waals surface area contributed by atoms with Crippen LogP contribution in [0.2, 0.25) is 5.02 Å². The average molecular weight is 441 g/mol. The molecule has 0 saturated carbocycles. The molecule has 4 aromatic rings. The van der Waals surface area contributed by atoms with Gasteiger partial charge >= 0.3 is 0 Å². The summed E-state index contributed by atoms with van der Waals surface area (Å²) < 4.78 is 2.05. The second-order valence-corrected chi connectivity index (χ2v) is 8.47. The molecule has 146 valence electrons. The summed E-state index contributed by atoms with van der Waals surface area (Å²) in [6.07, 6.45) is 0. The van der Waals surface area contributed by atoms with Gasteiger partial charge in [0, 0.05) is 0 Å². The van der Waals surface area contributed by atoms with Gasteiger partial charge in [0.2, 0.25) is 5.91 Å². The number of aromatic nitrogens is 3. The van der Waals surface area contributed by atoms with Crippen molar-refractivity contribution in [1.82, 2.24) is 14.8 Å². The van der Waals surface area contributed by atoms with Crippen LogP contribution in [-0.4, -0.2) is 26.4 Å². The summed E-state index contributed by atoms with van der Waals surface area (Å²) in [4.78, 5) is 13.4. The molecule has 0 spiro atoms. The van der Waals surface area contributed by atoms with Gasteiger partial charge in [-0.3, -0.25) is 9.36 Å². The van der Waals surface area contributed by atoms with Crippen molar-refractivity contribution in [1.29, 1.82) is 0 Å². The number of carbonyl (C=O) groups is 1. The molecule has 0 aliphatic rings. The minimum atomic E-state index is -0.143. The molecule has 5 nitrogen and oxygen atoms in total. The molecule has 1 amide bonds. The van der Waals surface area contributed by atoms with E-state index in [9.17, 15) is 4.79 Å². The number of amides is 1. The van der Waals surface area contributed by atoms with E-state index in [0.717, 1.165) is 16.3 Å². The van der Waals surface area contributed by atoms with Gasteiger partial charge in [-0.25, -0.2) is 0 Å². The maximum Gasteiger partial charge on any atom is 0.234 e. The smallest absolute Gasteiger partial charge is 0.234 e. The molecule has 4 rings (SSSR count). The molecule has 2 aromatic carbocycles. The molecule has 0 aliphatic heterocycles. The van der Waals surface area contributed by atoms with Gasteiger partial charge in [0.25, 0.3) is 0 Å². The standard InChI is InChI=1S/C21H17ClN4OS2/c22-16-9-4-5-10-17(16)23-19(27)14-29-21-25-24-20(18-11-6-12-28-18)26(21)13-15-7-2-1-3-8-15/h1-12H,13-14H2,(H,23,27). The number of nitrogens with zero attached hydrogens (tertiary/aromatic N) is 3. The molecule has 0 atom stereocenters. The predicted octanol–water partition coefficient (Wildman–Crippen LogP) is 5.44. The Kier molecular flexibility index (Phi) is 6.29. The highest BCUT2D eigenvalue weighted by Crippen LogP contribution is 2.28. The summed E-state index contributed by atoms with van der Waals surface area (Å²) in [5, 5.41) is 14.8. The molecule has 2 heterocycles. The van der Waals surface area contributed by atoms with Crippen LogP contribution < -0.4 is 5.32 Å². The Morgan fingerprint density at radius 1 is 1.03 bits per heavy atom. The van der Waals surface area contributed by atoms with Gasteiger partial charge < -0.3 is 5.32 Å². The van der Waals surface area contributed by atoms with E-state index in [1.807, 2.05) is 47.8 Å². The Morgan fingerprint density at radius 3 is 2.59 bits per heavy atom. The lowest BCUT2D eigenvalue weighted by Crippen LogP contribution is -2.15. The Labute approximate surface area is 181 Å². The van der Waals surface area contributed by atoms with E-state index in [1.165, 1.54) is 11.8 Å². The number of anilines is 1. The van der Waals surface area contributed by atoms with Crippen LogP contribution in [0.1, 0.15) is 5.56 Å². The van der Waals surface area contributed by atoms with Gasteiger partial charge in [0.05, 0.1) is 27.9 Å². The third-order valence-corrected chi connectivity index (χ3v) is 6.28. The zero-order chi connectivity index (χ0) is 20.1.